The molecule has 3 fully saturated rings. The fraction of sp³-hybridized carbons (Fsp3) is 0.778. The Kier molecular flexibility index (Phi) is 4.14. The largest absolute Gasteiger partial charge is 0.343 e. The highest BCUT2D eigenvalue weighted by atomic mass is 16.2. The summed E-state index contributed by atoms with van der Waals surface area (Å²) < 4.78 is 1.98. The second kappa shape index (κ2) is 6.27. The molecule has 2 atom stereocenters. The summed E-state index contributed by atoms with van der Waals surface area (Å²) >= 11 is 0. The molecule has 126 valence electrons. The molecule has 1 aromatic heterocycles. The summed E-state index contributed by atoms with van der Waals surface area (Å²) in [6, 6.07) is 3.48. The van der Waals surface area contributed by atoms with E-state index < -0.39 is 0 Å². The van der Waals surface area contributed by atoms with Gasteiger partial charge in [0.2, 0.25) is 5.91 Å². The summed E-state index contributed by atoms with van der Waals surface area (Å²) in [5.74, 6) is 1.55. The van der Waals surface area contributed by atoms with E-state index >= 15 is 0 Å². The Balaban J connectivity index is 1.28. The van der Waals surface area contributed by atoms with Crippen LogP contribution >= 0.6 is 0 Å². The molecule has 2 unspecified atom stereocenters. The average Bonchev–Trinajstić information content (AvgIpc) is 3.13. The number of nitrogens with one attached hydrogen (secondary N) is 1. The molecule has 1 N–H and O–H groups in total. The SMILES string of the molecule is Cn1nccc1C1CCN(C(=O)CC2CC3CCC(C2)N3)CC1. The van der Waals surface area contributed by atoms with E-state index in [1.807, 2.05) is 17.9 Å². The third kappa shape index (κ3) is 3.16. The molecule has 1 amide bonds. The molecule has 0 aromatic carbocycles. The molecule has 0 aliphatic carbocycles. The first kappa shape index (κ1) is 15.2. The molecule has 1 aromatic rings. The van der Waals surface area contributed by atoms with Crippen LogP contribution in [0.25, 0.3) is 0 Å². The summed E-state index contributed by atoms with van der Waals surface area (Å²) in [7, 11) is 2.01. The molecule has 2 bridgehead atoms. The van der Waals surface area contributed by atoms with Crippen LogP contribution in [0.1, 0.15) is 56.6 Å². The molecule has 4 rings (SSSR count). The number of likely N-dealkylation sites (tertiary alicyclic amines) is 1. The lowest BCUT2D eigenvalue weighted by molar-refractivity contribution is -0.133. The van der Waals surface area contributed by atoms with Gasteiger partial charge < -0.3 is 10.2 Å². The fourth-order valence-electron chi connectivity index (χ4n) is 4.93. The molecule has 23 heavy (non-hydrogen) atoms. The third-order valence-corrected chi connectivity index (χ3v) is 6.16. The van der Waals surface area contributed by atoms with Crippen LogP contribution in [-0.4, -0.2) is 45.8 Å². The summed E-state index contributed by atoms with van der Waals surface area (Å²) in [6.07, 6.45) is 9.81. The van der Waals surface area contributed by atoms with Gasteiger partial charge in [-0.1, -0.05) is 0 Å². The van der Waals surface area contributed by atoms with Gasteiger partial charge in [-0.15, -0.1) is 0 Å². The third-order valence-electron chi connectivity index (χ3n) is 6.16. The zero-order chi connectivity index (χ0) is 15.8. The van der Waals surface area contributed by atoms with Crippen molar-refractivity contribution in [1.29, 1.82) is 0 Å². The van der Waals surface area contributed by atoms with Crippen LogP contribution in [0.3, 0.4) is 0 Å². The van der Waals surface area contributed by atoms with E-state index in [0.29, 0.717) is 29.8 Å². The Morgan fingerprint density at radius 3 is 2.52 bits per heavy atom. The van der Waals surface area contributed by atoms with Crippen LogP contribution < -0.4 is 5.32 Å². The first-order valence-corrected chi connectivity index (χ1v) is 9.21. The van der Waals surface area contributed by atoms with Crippen molar-refractivity contribution in [3.05, 3.63) is 18.0 Å². The monoisotopic (exact) mass is 316 g/mol. The van der Waals surface area contributed by atoms with Gasteiger partial charge in [0.25, 0.3) is 0 Å². The van der Waals surface area contributed by atoms with Gasteiger partial charge in [0.15, 0.2) is 0 Å². The number of rotatable bonds is 3. The zero-order valence-corrected chi connectivity index (χ0v) is 14.1. The van der Waals surface area contributed by atoms with Crippen molar-refractivity contribution in [2.24, 2.45) is 13.0 Å². The van der Waals surface area contributed by atoms with Gasteiger partial charge in [-0.25, -0.2) is 0 Å². The number of aryl methyl sites for hydroxylation is 1. The Morgan fingerprint density at radius 1 is 1.22 bits per heavy atom. The molecule has 5 nitrogen and oxygen atoms in total. The lowest BCUT2D eigenvalue weighted by Gasteiger charge is -2.34. The van der Waals surface area contributed by atoms with Crippen molar-refractivity contribution in [2.75, 3.05) is 13.1 Å². The normalized spacial score (nSPS) is 31.5. The fourth-order valence-corrected chi connectivity index (χ4v) is 4.93. The average molecular weight is 316 g/mol. The number of carbonyl (C=O) groups excluding carboxylic acids is 1. The Hall–Kier alpha value is -1.36. The molecule has 3 aliphatic heterocycles. The lowest BCUT2D eigenvalue weighted by Crippen LogP contribution is -2.42. The highest BCUT2D eigenvalue weighted by Gasteiger charge is 2.35. The maximum absolute atomic E-state index is 12.6. The molecule has 0 spiro atoms. The van der Waals surface area contributed by atoms with Crippen LogP contribution in [0.4, 0.5) is 0 Å². The summed E-state index contributed by atoms with van der Waals surface area (Å²) in [6.45, 7) is 1.82. The predicted octanol–water partition coefficient (Wildman–Crippen LogP) is 2.05. The van der Waals surface area contributed by atoms with Crippen LogP contribution in [-0.2, 0) is 11.8 Å². The Bertz CT molecular complexity index is 549. The topological polar surface area (TPSA) is 50.2 Å². The number of hydrogen-bond acceptors (Lipinski definition) is 3. The van der Waals surface area contributed by atoms with Crippen molar-refractivity contribution in [2.45, 2.75) is 62.9 Å². The van der Waals surface area contributed by atoms with E-state index in [2.05, 4.69) is 21.4 Å². The minimum Gasteiger partial charge on any atom is -0.343 e. The maximum atomic E-state index is 12.6. The van der Waals surface area contributed by atoms with Gasteiger partial charge in [-0.3, -0.25) is 9.48 Å². The van der Waals surface area contributed by atoms with Gasteiger partial charge >= 0.3 is 0 Å². The highest BCUT2D eigenvalue weighted by Crippen LogP contribution is 2.34. The van der Waals surface area contributed by atoms with Crippen LogP contribution in [0.15, 0.2) is 12.3 Å². The predicted molar refractivity (Wildman–Crippen MR) is 89.0 cm³/mol. The second-order valence-corrected chi connectivity index (χ2v) is 7.71. The van der Waals surface area contributed by atoms with Crippen molar-refractivity contribution in [3.63, 3.8) is 0 Å². The van der Waals surface area contributed by atoms with Crippen LogP contribution in [0.5, 0.6) is 0 Å². The van der Waals surface area contributed by atoms with Crippen LogP contribution in [0, 0.1) is 5.92 Å². The number of carbonyl (C=O) groups is 1. The summed E-state index contributed by atoms with van der Waals surface area (Å²) in [5, 5.41) is 7.94. The molecular weight excluding hydrogens is 288 g/mol. The molecule has 3 saturated heterocycles. The summed E-state index contributed by atoms with van der Waals surface area (Å²) in [5.41, 5.74) is 1.31. The van der Waals surface area contributed by atoms with E-state index in [0.717, 1.165) is 32.4 Å². The van der Waals surface area contributed by atoms with Gasteiger partial charge in [0.1, 0.15) is 0 Å². The lowest BCUT2D eigenvalue weighted by atomic mass is 9.88. The molecule has 5 heteroatoms. The van der Waals surface area contributed by atoms with E-state index in [1.54, 1.807) is 0 Å². The van der Waals surface area contributed by atoms with E-state index in [1.165, 1.54) is 31.4 Å². The first-order chi connectivity index (χ1) is 11.2. The number of amides is 1. The number of piperidine rings is 2. The number of aromatic nitrogens is 2. The quantitative estimate of drug-likeness (QED) is 0.928. The van der Waals surface area contributed by atoms with Gasteiger partial charge in [0.05, 0.1) is 0 Å². The van der Waals surface area contributed by atoms with Gasteiger partial charge in [0, 0.05) is 56.5 Å². The second-order valence-electron chi connectivity index (χ2n) is 7.71. The zero-order valence-electron chi connectivity index (χ0n) is 14.1. The first-order valence-electron chi connectivity index (χ1n) is 9.21. The molecule has 0 radical (unpaired) electrons. The van der Waals surface area contributed by atoms with E-state index in [9.17, 15) is 4.79 Å². The van der Waals surface area contributed by atoms with Crippen molar-refractivity contribution in [1.82, 2.24) is 20.0 Å². The number of hydrogen-bond donors (Lipinski definition) is 1. The van der Waals surface area contributed by atoms with Gasteiger partial charge in [-0.05, 0) is 50.5 Å². The van der Waals surface area contributed by atoms with E-state index in [4.69, 9.17) is 0 Å². The minimum atomic E-state index is 0.389. The number of fused-ring (bicyclic) bond motifs is 2. The molecule has 3 aliphatic rings. The highest BCUT2D eigenvalue weighted by molar-refractivity contribution is 5.76. The van der Waals surface area contributed by atoms with Crippen molar-refractivity contribution >= 4 is 5.91 Å². The molecule has 0 saturated carbocycles. The molecule has 4 heterocycles. The standard InChI is InChI=1S/C18H28N4O/c1-21-17(4-7-19-21)14-5-8-22(9-6-14)18(23)12-13-10-15-2-3-16(11-13)20-15/h4,7,13-16,20H,2-3,5-6,8-12H2,1H3. The van der Waals surface area contributed by atoms with E-state index in [-0.39, 0.29) is 0 Å². The maximum Gasteiger partial charge on any atom is 0.222 e. The van der Waals surface area contributed by atoms with Gasteiger partial charge in [-0.2, -0.15) is 5.10 Å². The smallest absolute Gasteiger partial charge is 0.222 e. The van der Waals surface area contributed by atoms with Crippen molar-refractivity contribution < 1.29 is 4.79 Å². The Labute approximate surface area is 138 Å². The Morgan fingerprint density at radius 2 is 1.91 bits per heavy atom. The van der Waals surface area contributed by atoms with Crippen LogP contribution in [0.2, 0.25) is 0 Å². The summed E-state index contributed by atoms with van der Waals surface area (Å²) in [4.78, 5) is 14.8. The molecular formula is C18H28N4O. The van der Waals surface area contributed by atoms with Crippen molar-refractivity contribution in [3.8, 4) is 0 Å². The number of nitrogens with zero attached hydrogens (tertiary/aromatic N) is 3. The minimum absolute atomic E-state index is 0.389.